The van der Waals surface area contributed by atoms with Gasteiger partial charge in [-0.05, 0) is 44.0 Å². The molecule has 1 aliphatic rings. The molecule has 1 atom stereocenters. The Bertz CT molecular complexity index is 735. The van der Waals surface area contributed by atoms with Crippen LogP contribution in [-0.4, -0.2) is 46.6 Å². The molecule has 8 heteroatoms. The number of aromatic nitrogens is 1. The van der Waals surface area contributed by atoms with Crippen LogP contribution in [0.2, 0.25) is 0 Å². The first-order valence-electron chi connectivity index (χ1n) is 8.53. The number of ether oxygens (including phenoxy) is 1. The van der Waals surface area contributed by atoms with Crippen LogP contribution in [0.25, 0.3) is 0 Å². The van der Waals surface area contributed by atoms with Gasteiger partial charge in [0.15, 0.2) is 5.13 Å². The standard InChI is InChI=1S/C18H21N3O3S2/c1-2-24-13-5-7-14(8-6-13)26-12-16(22)21-10-3-4-15(21)17(23)20-18-19-9-11-25-18/h5-9,11,15H,2-4,10,12H2,1H3,(H,19,20,23). The van der Waals surface area contributed by atoms with Gasteiger partial charge in [-0.15, -0.1) is 23.1 Å². The van der Waals surface area contributed by atoms with Gasteiger partial charge in [0.1, 0.15) is 11.8 Å². The van der Waals surface area contributed by atoms with Gasteiger partial charge in [0.05, 0.1) is 12.4 Å². The molecule has 1 unspecified atom stereocenters. The minimum atomic E-state index is -0.410. The van der Waals surface area contributed by atoms with Gasteiger partial charge in [-0.25, -0.2) is 4.98 Å². The minimum Gasteiger partial charge on any atom is -0.494 e. The average Bonchev–Trinajstić information content (AvgIpc) is 3.32. The number of hydrogen-bond acceptors (Lipinski definition) is 6. The average molecular weight is 392 g/mol. The number of carbonyl (C=O) groups excluding carboxylic acids is 2. The Morgan fingerprint density at radius 3 is 2.88 bits per heavy atom. The van der Waals surface area contributed by atoms with E-state index in [0.717, 1.165) is 17.1 Å². The van der Waals surface area contributed by atoms with Crippen molar-refractivity contribution in [1.29, 1.82) is 0 Å². The van der Waals surface area contributed by atoms with Crippen molar-refractivity contribution in [3.05, 3.63) is 35.8 Å². The van der Waals surface area contributed by atoms with E-state index in [9.17, 15) is 9.59 Å². The van der Waals surface area contributed by atoms with E-state index in [1.165, 1.54) is 23.1 Å². The number of thioether (sulfide) groups is 1. The first-order chi connectivity index (χ1) is 12.7. The quantitative estimate of drug-likeness (QED) is 0.734. The molecule has 138 valence electrons. The van der Waals surface area contributed by atoms with Crippen molar-refractivity contribution < 1.29 is 14.3 Å². The summed E-state index contributed by atoms with van der Waals surface area (Å²) in [5.74, 6) is 0.967. The zero-order valence-corrected chi connectivity index (χ0v) is 16.1. The molecule has 1 aliphatic heterocycles. The lowest BCUT2D eigenvalue weighted by Gasteiger charge is -2.23. The molecule has 1 aromatic heterocycles. The zero-order chi connectivity index (χ0) is 18.4. The molecule has 2 amide bonds. The van der Waals surface area contributed by atoms with Crippen LogP contribution >= 0.6 is 23.1 Å². The van der Waals surface area contributed by atoms with Gasteiger partial charge in [0.25, 0.3) is 0 Å². The van der Waals surface area contributed by atoms with Gasteiger partial charge in [-0.3, -0.25) is 9.59 Å². The van der Waals surface area contributed by atoms with Crippen molar-refractivity contribution in [2.24, 2.45) is 0 Å². The fourth-order valence-electron chi connectivity index (χ4n) is 2.84. The van der Waals surface area contributed by atoms with Crippen molar-refractivity contribution in [3.8, 4) is 5.75 Å². The third-order valence-electron chi connectivity index (χ3n) is 4.04. The van der Waals surface area contributed by atoms with E-state index in [1.54, 1.807) is 16.5 Å². The highest BCUT2D eigenvalue weighted by molar-refractivity contribution is 8.00. The lowest BCUT2D eigenvalue weighted by Crippen LogP contribution is -2.43. The summed E-state index contributed by atoms with van der Waals surface area (Å²) in [6, 6.07) is 7.28. The second-order valence-corrected chi connectivity index (χ2v) is 7.71. The molecule has 0 bridgehead atoms. The van der Waals surface area contributed by atoms with E-state index in [1.807, 2.05) is 31.2 Å². The third kappa shape index (κ3) is 4.76. The number of carbonyl (C=O) groups is 2. The van der Waals surface area contributed by atoms with Crippen molar-refractivity contribution >= 4 is 40.0 Å². The maximum atomic E-state index is 12.6. The monoisotopic (exact) mass is 391 g/mol. The number of amides is 2. The molecule has 2 aromatic rings. The zero-order valence-electron chi connectivity index (χ0n) is 14.5. The van der Waals surface area contributed by atoms with Crippen LogP contribution in [0, 0.1) is 0 Å². The number of nitrogens with zero attached hydrogens (tertiary/aromatic N) is 2. The van der Waals surface area contributed by atoms with E-state index >= 15 is 0 Å². The Balaban J connectivity index is 1.53. The third-order valence-corrected chi connectivity index (χ3v) is 5.72. The molecule has 6 nitrogen and oxygen atoms in total. The predicted octanol–water partition coefficient (Wildman–Crippen LogP) is 3.26. The second kappa shape index (κ2) is 9.05. The van der Waals surface area contributed by atoms with Gasteiger partial charge in [0, 0.05) is 23.0 Å². The lowest BCUT2D eigenvalue weighted by molar-refractivity contribution is -0.134. The number of likely N-dealkylation sites (tertiary alicyclic amines) is 1. The SMILES string of the molecule is CCOc1ccc(SCC(=O)N2CCCC2C(=O)Nc2nccs2)cc1. The number of anilines is 1. The number of hydrogen-bond donors (Lipinski definition) is 1. The molecule has 2 heterocycles. The molecule has 26 heavy (non-hydrogen) atoms. The molecule has 0 saturated carbocycles. The van der Waals surface area contributed by atoms with Gasteiger partial charge in [0.2, 0.25) is 11.8 Å². The lowest BCUT2D eigenvalue weighted by atomic mass is 10.2. The summed E-state index contributed by atoms with van der Waals surface area (Å²) in [4.78, 5) is 31.8. The summed E-state index contributed by atoms with van der Waals surface area (Å²) in [5.41, 5.74) is 0. The smallest absolute Gasteiger partial charge is 0.248 e. The maximum absolute atomic E-state index is 12.6. The highest BCUT2D eigenvalue weighted by Crippen LogP contribution is 2.25. The molecular weight excluding hydrogens is 370 g/mol. The summed E-state index contributed by atoms with van der Waals surface area (Å²) in [5, 5.41) is 5.17. The molecular formula is C18H21N3O3S2. The van der Waals surface area contributed by atoms with Gasteiger partial charge < -0.3 is 15.0 Å². The summed E-state index contributed by atoms with van der Waals surface area (Å²) < 4.78 is 5.42. The maximum Gasteiger partial charge on any atom is 0.248 e. The van der Waals surface area contributed by atoms with Crippen LogP contribution < -0.4 is 10.1 Å². The first kappa shape index (κ1) is 18.7. The normalized spacial score (nSPS) is 16.5. The number of benzene rings is 1. The molecule has 0 spiro atoms. The Morgan fingerprint density at radius 2 is 2.19 bits per heavy atom. The predicted molar refractivity (Wildman–Crippen MR) is 104 cm³/mol. The van der Waals surface area contributed by atoms with Crippen molar-refractivity contribution in [1.82, 2.24) is 9.88 Å². The van der Waals surface area contributed by atoms with E-state index in [-0.39, 0.29) is 11.8 Å². The Kier molecular flexibility index (Phi) is 6.51. The largest absolute Gasteiger partial charge is 0.494 e. The molecule has 3 rings (SSSR count). The molecule has 1 saturated heterocycles. The first-order valence-corrected chi connectivity index (χ1v) is 10.4. The Morgan fingerprint density at radius 1 is 1.38 bits per heavy atom. The number of rotatable bonds is 7. The summed E-state index contributed by atoms with van der Waals surface area (Å²) in [6.45, 7) is 3.20. The number of thiazole rings is 1. The van der Waals surface area contributed by atoms with Crippen LogP contribution in [0.1, 0.15) is 19.8 Å². The molecule has 0 aliphatic carbocycles. The summed E-state index contributed by atoms with van der Waals surface area (Å²) in [6.07, 6.45) is 3.18. The second-order valence-electron chi connectivity index (χ2n) is 5.76. The molecule has 1 fully saturated rings. The van der Waals surface area contributed by atoms with Crippen LogP contribution in [0.4, 0.5) is 5.13 Å². The topological polar surface area (TPSA) is 71.5 Å². The van der Waals surface area contributed by atoms with Crippen molar-refractivity contribution in [2.75, 3.05) is 24.2 Å². The van der Waals surface area contributed by atoms with Crippen LogP contribution in [0.3, 0.4) is 0 Å². The van der Waals surface area contributed by atoms with E-state index < -0.39 is 6.04 Å². The highest BCUT2D eigenvalue weighted by atomic mass is 32.2. The van der Waals surface area contributed by atoms with Gasteiger partial charge in [-0.2, -0.15) is 0 Å². The van der Waals surface area contributed by atoms with Gasteiger partial charge in [-0.1, -0.05) is 0 Å². The van der Waals surface area contributed by atoms with Crippen LogP contribution in [0.15, 0.2) is 40.7 Å². The van der Waals surface area contributed by atoms with E-state index in [4.69, 9.17) is 4.74 Å². The Labute approximate surface area is 160 Å². The van der Waals surface area contributed by atoms with E-state index in [0.29, 0.717) is 30.5 Å². The fourth-order valence-corrected chi connectivity index (χ4v) is 4.15. The fraction of sp³-hybridized carbons (Fsp3) is 0.389. The molecule has 1 aromatic carbocycles. The molecule has 0 radical (unpaired) electrons. The van der Waals surface area contributed by atoms with Gasteiger partial charge >= 0.3 is 0 Å². The number of nitrogens with one attached hydrogen (secondary N) is 1. The van der Waals surface area contributed by atoms with Crippen molar-refractivity contribution in [3.63, 3.8) is 0 Å². The van der Waals surface area contributed by atoms with Crippen molar-refractivity contribution in [2.45, 2.75) is 30.7 Å². The van der Waals surface area contributed by atoms with Crippen LogP contribution in [0.5, 0.6) is 5.75 Å². The minimum absolute atomic E-state index is 0.0133. The van der Waals surface area contributed by atoms with Crippen LogP contribution in [-0.2, 0) is 9.59 Å². The molecule has 1 N–H and O–H groups in total. The summed E-state index contributed by atoms with van der Waals surface area (Å²) >= 11 is 2.84. The van der Waals surface area contributed by atoms with E-state index in [2.05, 4.69) is 10.3 Å². The highest BCUT2D eigenvalue weighted by Gasteiger charge is 2.34. The Hall–Kier alpha value is -2.06. The summed E-state index contributed by atoms with van der Waals surface area (Å²) in [7, 11) is 0.